The molecule has 0 radical (unpaired) electrons. The van der Waals surface area contributed by atoms with Crippen LogP contribution in [0.25, 0.3) is 0 Å². The summed E-state index contributed by atoms with van der Waals surface area (Å²) < 4.78 is 10.0. The number of fused-ring (bicyclic) bond motifs is 1. The standard InChI is InChI=1S/C15H21NO3/c1-18-14-7-6-10(4-3-5-15(17)19-2)12-8-11(16)9-13(12)14/h6-7,11H,3-5,8-9,16H2,1-2H3. The molecule has 2 rings (SSSR count). The maximum Gasteiger partial charge on any atom is 0.305 e. The van der Waals surface area contributed by atoms with Crippen LogP contribution in [0.2, 0.25) is 0 Å². The maximum atomic E-state index is 11.1. The minimum atomic E-state index is -0.151. The van der Waals surface area contributed by atoms with Crippen LogP contribution in [-0.2, 0) is 28.8 Å². The lowest BCUT2D eigenvalue weighted by Gasteiger charge is -2.11. The zero-order chi connectivity index (χ0) is 13.8. The Labute approximate surface area is 113 Å². The third-order valence-electron chi connectivity index (χ3n) is 3.69. The van der Waals surface area contributed by atoms with E-state index in [2.05, 4.69) is 10.8 Å². The number of carbonyl (C=O) groups excluding carboxylic acids is 1. The van der Waals surface area contributed by atoms with E-state index in [-0.39, 0.29) is 12.0 Å². The average molecular weight is 263 g/mol. The number of carbonyl (C=O) groups is 1. The smallest absolute Gasteiger partial charge is 0.305 e. The van der Waals surface area contributed by atoms with Crippen molar-refractivity contribution in [3.8, 4) is 5.75 Å². The van der Waals surface area contributed by atoms with Crippen molar-refractivity contribution in [2.75, 3.05) is 14.2 Å². The summed E-state index contributed by atoms with van der Waals surface area (Å²) in [5.74, 6) is 0.779. The quantitative estimate of drug-likeness (QED) is 0.820. The Kier molecular flexibility index (Phi) is 4.43. The molecule has 0 aliphatic heterocycles. The Morgan fingerprint density at radius 2 is 2.05 bits per heavy atom. The first-order valence-electron chi connectivity index (χ1n) is 6.65. The molecule has 0 saturated carbocycles. The number of esters is 1. The highest BCUT2D eigenvalue weighted by atomic mass is 16.5. The third-order valence-corrected chi connectivity index (χ3v) is 3.69. The summed E-state index contributed by atoms with van der Waals surface area (Å²) in [6, 6.07) is 4.28. The molecule has 0 aromatic heterocycles. The van der Waals surface area contributed by atoms with Gasteiger partial charge in [-0.2, -0.15) is 0 Å². The van der Waals surface area contributed by atoms with E-state index < -0.39 is 0 Å². The second kappa shape index (κ2) is 6.06. The topological polar surface area (TPSA) is 61.5 Å². The van der Waals surface area contributed by atoms with Crippen LogP contribution in [0.5, 0.6) is 5.75 Å². The first kappa shape index (κ1) is 13.9. The van der Waals surface area contributed by atoms with Gasteiger partial charge in [0.15, 0.2) is 0 Å². The molecule has 1 atom stereocenters. The van der Waals surface area contributed by atoms with Crippen LogP contribution < -0.4 is 10.5 Å². The van der Waals surface area contributed by atoms with Gasteiger partial charge >= 0.3 is 5.97 Å². The van der Waals surface area contributed by atoms with E-state index in [0.717, 1.165) is 31.4 Å². The molecule has 0 fully saturated rings. The Hall–Kier alpha value is -1.55. The van der Waals surface area contributed by atoms with Crippen LogP contribution in [0.4, 0.5) is 0 Å². The van der Waals surface area contributed by atoms with E-state index in [9.17, 15) is 4.79 Å². The fourth-order valence-corrected chi connectivity index (χ4v) is 2.75. The first-order chi connectivity index (χ1) is 9.15. The molecule has 2 N–H and O–H groups in total. The second-order valence-corrected chi connectivity index (χ2v) is 4.98. The molecule has 1 aromatic rings. The number of benzene rings is 1. The average Bonchev–Trinajstić information content (AvgIpc) is 2.80. The molecule has 0 spiro atoms. The molecule has 0 amide bonds. The highest BCUT2D eigenvalue weighted by Crippen LogP contribution is 2.33. The van der Waals surface area contributed by atoms with Gasteiger partial charge in [-0.15, -0.1) is 0 Å². The fraction of sp³-hybridized carbons (Fsp3) is 0.533. The van der Waals surface area contributed by atoms with Gasteiger partial charge in [-0.25, -0.2) is 0 Å². The minimum Gasteiger partial charge on any atom is -0.496 e. The predicted molar refractivity (Wildman–Crippen MR) is 73.3 cm³/mol. The summed E-state index contributed by atoms with van der Waals surface area (Å²) in [4.78, 5) is 11.1. The molecule has 4 nitrogen and oxygen atoms in total. The van der Waals surface area contributed by atoms with Crippen LogP contribution in [0, 0.1) is 0 Å². The fourth-order valence-electron chi connectivity index (χ4n) is 2.75. The summed E-state index contributed by atoms with van der Waals surface area (Å²) in [6.45, 7) is 0. The Balaban J connectivity index is 2.10. The van der Waals surface area contributed by atoms with Crippen molar-refractivity contribution in [1.82, 2.24) is 0 Å². The van der Waals surface area contributed by atoms with Crippen LogP contribution in [0.3, 0.4) is 0 Å². The van der Waals surface area contributed by atoms with Gasteiger partial charge in [0.1, 0.15) is 5.75 Å². The number of methoxy groups -OCH3 is 2. The summed E-state index contributed by atoms with van der Waals surface area (Å²) in [5, 5.41) is 0. The zero-order valence-electron chi connectivity index (χ0n) is 11.6. The largest absolute Gasteiger partial charge is 0.496 e. The summed E-state index contributed by atoms with van der Waals surface area (Å²) >= 11 is 0. The summed E-state index contributed by atoms with van der Waals surface area (Å²) in [6.07, 6.45) is 3.93. The molecular weight excluding hydrogens is 242 g/mol. The lowest BCUT2D eigenvalue weighted by Crippen LogP contribution is -2.19. The van der Waals surface area contributed by atoms with Gasteiger partial charge in [0.25, 0.3) is 0 Å². The van der Waals surface area contributed by atoms with Crippen molar-refractivity contribution in [2.24, 2.45) is 5.73 Å². The van der Waals surface area contributed by atoms with E-state index >= 15 is 0 Å². The molecular formula is C15H21NO3. The third kappa shape index (κ3) is 3.07. The van der Waals surface area contributed by atoms with Crippen molar-refractivity contribution in [3.05, 3.63) is 28.8 Å². The van der Waals surface area contributed by atoms with Crippen molar-refractivity contribution in [3.63, 3.8) is 0 Å². The monoisotopic (exact) mass is 263 g/mol. The Morgan fingerprint density at radius 1 is 1.32 bits per heavy atom. The van der Waals surface area contributed by atoms with Gasteiger partial charge in [0.2, 0.25) is 0 Å². The zero-order valence-corrected chi connectivity index (χ0v) is 11.6. The highest BCUT2D eigenvalue weighted by Gasteiger charge is 2.24. The first-order valence-corrected chi connectivity index (χ1v) is 6.65. The molecule has 1 aliphatic rings. The molecule has 4 heteroatoms. The van der Waals surface area contributed by atoms with Crippen molar-refractivity contribution < 1.29 is 14.3 Å². The van der Waals surface area contributed by atoms with Crippen LogP contribution >= 0.6 is 0 Å². The number of aryl methyl sites for hydroxylation is 1. The predicted octanol–water partition coefficient (Wildman–Crippen LogP) is 1.62. The number of rotatable bonds is 5. The molecule has 1 aliphatic carbocycles. The van der Waals surface area contributed by atoms with Gasteiger partial charge in [0, 0.05) is 12.5 Å². The number of nitrogens with two attached hydrogens (primary N) is 1. The number of hydrogen-bond acceptors (Lipinski definition) is 4. The lowest BCUT2D eigenvalue weighted by molar-refractivity contribution is -0.140. The van der Waals surface area contributed by atoms with Gasteiger partial charge in [0.05, 0.1) is 14.2 Å². The van der Waals surface area contributed by atoms with Gasteiger partial charge in [-0.1, -0.05) is 6.07 Å². The second-order valence-electron chi connectivity index (χ2n) is 4.98. The normalized spacial score (nSPS) is 17.1. The Morgan fingerprint density at radius 3 is 2.74 bits per heavy atom. The molecule has 1 unspecified atom stereocenters. The van der Waals surface area contributed by atoms with Gasteiger partial charge in [-0.3, -0.25) is 4.79 Å². The molecule has 0 saturated heterocycles. The number of hydrogen-bond donors (Lipinski definition) is 1. The van der Waals surface area contributed by atoms with Crippen molar-refractivity contribution in [2.45, 2.75) is 38.1 Å². The summed E-state index contributed by atoms with van der Waals surface area (Å²) in [5.41, 5.74) is 9.89. The molecule has 19 heavy (non-hydrogen) atoms. The van der Waals surface area contributed by atoms with Crippen LogP contribution in [0.15, 0.2) is 12.1 Å². The van der Waals surface area contributed by atoms with Gasteiger partial charge in [-0.05, 0) is 48.4 Å². The van der Waals surface area contributed by atoms with Crippen LogP contribution in [-0.4, -0.2) is 26.2 Å². The van der Waals surface area contributed by atoms with E-state index in [0.29, 0.717) is 6.42 Å². The molecule has 0 heterocycles. The summed E-state index contributed by atoms with van der Waals surface area (Å²) in [7, 11) is 3.11. The van der Waals surface area contributed by atoms with E-state index in [1.807, 2.05) is 6.07 Å². The van der Waals surface area contributed by atoms with Crippen molar-refractivity contribution in [1.29, 1.82) is 0 Å². The lowest BCUT2D eigenvalue weighted by atomic mass is 9.98. The molecule has 0 bridgehead atoms. The minimum absolute atomic E-state index is 0.151. The Bertz CT molecular complexity index is 471. The van der Waals surface area contributed by atoms with E-state index in [1.165, 1.54) is 23.8 Å². The maximum absolute atomic E-state index is 11.1. The van der Waals surface area contributed by atoms with Crippen LogP contribution in [0.1, 0.15) is 29.5 Å². The van der Waals surface area contributed by atoms with Gasteiger partial charge < -0.3 is 15.2 Å². The number of ether oxygens (including phenoxy) is 2. The molecule has 104 valence electrons. The van der Waals surface area contributed by atoms with E-state index in [4.69, 9.17) is 10.5 Å². The van der Waals surface area contributed by atoms with Crippen molar-refractivity contribution >= 4 is 5.97 Å². The highest BCUT2D eigenvalue weighted by molar-refractivity contribution is 5.69. The molecule has 1 aromatic carbocycles. The SMILES string of the molecule is COC(=O)CCCc1ccc(OC)c2c1CC(N)C2. The van der Waals surface area contributed by atoms with E-state index in [1.54, 1.807) is 7.11 Å².